The fraction of sp³-hybridized carbons (Fsp3) is 0.444. The number of nitrogens with zero attached hydrogens (tertiary/aromatic N) is 5. The summed E-state index contributed by atoms with van der Waals surface area (Å²) in [4.78, 5) is 16.7. The Morgan fingerprint density at radius 1 is 1.43 bits per heavy atom. The zero-order valence-corrected chi connectivity index (χ0v) is 15.8. The van der Waals surface area contributed by atoms with E-state index in [0.717, 1.165) is 5.56 Å². The molecule has 0 amide bonds. The van der Waals surface area contributed by atoms with E-state index in [0.29, 0.717) is 32.1 Å². The molecule has 1 aromatic heterocycles. The van der Waals surface area contributed by atoms with Crippen molar-refractivity contribution < 1.29 is 14.1 Å². The molecule has 1 aliphatic rings. The molecule has 28 heavy (non-hydrogen) atoms. The topological polar surface area (TPSA) is 97.8 Å². The van der Waals surface area contributed by atoms with Crippen LogP contribution in [0.25, 0.3) is 0 Å². The van der Waals surface area contributed by atoms with Crippen LogP contribution in [0.2, 0.25) is 0 Å². The Labute approximate surface area is 162 Å². The minimum absolute atomic E-state index is 0.0175. The van der Waals surface area contributed by atoms with Gasteiger partial charge in [-0.3, -0.25) is 19.8 Å². The third kappa shape index (κ3) is 4.83. The van der Waals surface area contributed by atoms with Crippen LogP contribution in [0, 0.1) is 15.9 Å². The van der Waals surface area contributed by atoms with E-state index >= 15 is 0 Å². The van der Waals surface area contributed by atoms with Crippen LogP contribution < -0.4 is 5.32 Å². The van der Waals surface area contributed by atoms with Crippen LogP contribution in [0.3, 0.4) is 0 Å². The van der Waals surface area contributed by atoms with Gasteiger partial charge in [0.15, 0.2) is 5.96 Å². The number of ether oxygens (including phenoxy) is 1. The van der Waals surface area contributed by atoms with E-state index in [-0.39, 0.29) is 23.7 Å². The molecule has 10 heteroatoms. The van der Waals surface area contributed by atoms with Crippen molar-refractivity contribution >= 4 is 11.6 Å². The van der Waals surface area contributed by atoms with Crippen LogP contribution in [0.1, 0.15) is 18.6 Å². The lowest BCUT2D eigenvalue weighted by atomic mass is 10.1. The van der Waals surface area contributed by atoms with E-state index in [1.807, 2.05) is 6.92 Å². The minimum Gasteiger partial charge on any atom is -0.367 e. The Morgan fingerprint density at radius 3 is 2.82 bits per heavy atom. The fourth-order valence-electron chi connectivity index (χ4n) is 3.17. The van der Waals surface area contributed by atoms with Gasteiger partial charge in [0.2, 0.25) is 0 Å². The van der Waals surface area contributed by atoms with Gasteiger partial charge in [-0.1, -0.05) is 12.1 Å². The van der Waals surface area contributed by atoms with Crippen LogP contribution in [0.5, 0.6) is 0 Å². The summed E-state index contributed by atoms with van der Waals surface area (Å²) in [7, 11) is 1.70. The summed E-state index contributed by atoms with van der Waals surface area (Å²) in [5.74, 6) is 0.435. The van der Waals surface area contributed by atoms with Gasteiger partial charge >= 0.3 is 5.69 Å². The molecular weight excluding hydrogens is 367 g/mol. The van der Waals surface area contributed by atoms with E-state index in [1.54, 1.807) is 19.2 Å². The van der Waals surface area contributed by atoms with Crippen molar-refractivity contribution in [1.29, 1.82) is 0 Å². The van der Waals surface area contributed by atoms with Gasteiger partial charge in [-0.25, -0.2) is 4.39 Å². The SMILES string of the molecule is CN=C(NCCn1cc([N+](=O)[O-])cn1)N1CC(C)OC(c2ccc(F)cc2)C1. The number of aliphatic imine (C=N–C) groups is 1. The number of benzene rings is 1. The van der Waals surface area contributed by atoms with Crippen LogP contribution in [0.15, 0.2) is 41.7 Å². The first-order valence-electron chi connectivity index (χ1n) is 8.99. The lowest BCUT2D eigenvalue weighted by Crippen LogP contribution is -2.51. The van der Waals surface area contributed by atoms with Crippen molar-refractivity contribution in [1.82, 2.24) is 20.0 Å². The number of aromatic nitrogens is 2. The Hall–Kier alpha value is -3.01. The van der Waals surface area contributed by atoms with Crippen molar-refractivity contribution in [3.63, 3.8) is 0 Å². The number of morpholine rings is 1. The Balaban J connectivity index is 1.59. The van der Waals surface area contributed by atoms with Gasteiger partial charge in [-0.15, -0.1) is 0 Å². The number of halogens is 1. The highest BCUT2D eigenvalue weighted by molar-refractivity contribution is 5.80. The van der Waals surface area contributed by atoms with Crippen LogP contribution >= 0.6 is 0 Å². The molecule has 1 N–H and O–H groups in total. The normalized spacial score (nSPS) is 20.2. The quantitative estimate of drug-likeness (QED) is 0.363. The second-order valence-electron chi connectivity index (χ2n) is 6.58. The summed E-state index contributed by atoms with van der Waals surface area (Å²) in [5.41, 5.74) is 0.880. The number of hydrogen-bond donors (Lipinski definition) is 1. The highest BCUT2D eigenvalue weighted by Crippen LogP contribution is 2.25. The Kier molecular flexibility index (Phi) is 6.19. The zero-order valence-electron chi connectivity index (χ0n) is 15.8. The molecule has 0 saturated carbocycles. The first-order chi connectivity index (χ1) is 13.5. The molecule has 150 valence electrons. The van der Waals surface area contributed by atoms with E-state index in [9.17, 15) is 14.5 Å². The maximum atomic E-state index is 13.2. The number of hydrogen-bond acceptors (Lipinski definition) is 5. The van der Waals surface area contributed by atoms with Crippen molar-refractivity contribution in [2.45, 2.75) is 25.7 Å². The van der Waals surface area contributed by atoms with E-state index in [1.165, 1.54) is 29.2 Å². The van der Waals surface area contributed by atoms with Gasteiger partial charge in [-0.05, 0) is 24.6 Å². The second kappa shape index (κ2) is 8.79. The summed E-state index contributed by atoms with van der Waals surface area (Å²) in [6.07, 6.45) is 2.42. The summed E-state index contributed by atoms with van der Waals surface area (Å²) >= 11 is 0. The molecule has 0 spiro atoms. The molecule has 2 aromatic rings. The van der Waals surface area contributed by atoms with Crippen LogP contribution in [-0.4, -0.2) is 58.3 Å². The van der Waals surface area contributed by atoms with Gasteiger partial charge in [0, 0.05) is 20.1 Å². The smallest absolute Gasteiger partial charge is 0.306 e. The molecule has 2 heterocycles. The average Bonchev–Trinajstić information content (AvgIpc) is 3.14. The van der Waals surface area contributed by atoms with Crippen molar-refractivity contribution in [3.8, 4) is 0 Å². The summed E-state index contributed by atoms with van der Waals surface area (Å²) in [6.45, 7) is 4.22. The molecule has 0 bridgehead atoms. The zero-order chi connectivity index (χ0) is 20.1. The molecule has 0 radical (unpaired) electrons. The number of rotatable bonds is 5. The Morgan fingerprint density at radius 2 is 2.18 bits per heavy atom. The molecule has 9 nitrogen and oxygen atoms in total. The third-order valence-electron chi connectivity index (χ3n) is 4.47. The first-order valence-corrected chi connectivity index (χ1v) is 8.99. The maximum Gasteiger partial charge on any atom is 0.306 e. The van der Waals surface area contributed by atoms with Crippen LogP contribution in [-0.2, 0) is 11.3 Å². The fourth-order valence-corrected chi connectivity index (χ4v) is 3.17. The highest BCUT2D eigenvalue weighted by atomic mass is 19.1. The average molecular weight is 390 g/mol. The van der Waals surface area contributed by atoms with Gasteiger partial charge in [0.1, 0.15) is 24.3 Å². The van der Waals surface area contributed by atoms with E-state index < -0.39 is 4.92 Å². The first kappa shape index (κ1) is 19.7. The van der Waals surface area contributed by atoms with Gasteiger partial charge in [0.05, 0.1) is 24.1 Å². The predicted molar refractivity (Wildman–Crippen MR) is 102 cm³/mol. The lowest BCUT2D eigenvalue weighted by molar-refractivity contribution is -0.385. The molecule has 2 unspecified atom stereocenters. The van der Waals surface area contributed by atoms with Crippen molar-refractivity contribution in [3.05, 3.63) is 58.2 Å². The molecule has 0 aliphatic carbocycles. The summed E-state index contributed by atoms with van der Waals surface area (Å²) in [5, 5.41) is 18.0. The molecule has 1 aromatic carbocycles. The number of guanidine groups is 1. The number of nitro groups is 1. The standard InChI is InChI=1S/C18H23FN6O3/c1-13-10-23(12-17(28-13)14-3-5-15(19)6-4-14)18(20-2)21-7-8-24-11-16(9-22-24)25(26)27/h3-6,9,11,13,17H,7-8,10,12H2,1-2H3,(H,20,21). The molecular formula is C18H23FN6O3. The maximum absolute atomic E-state index is 13.2. The van der Waals surface area contributed by atoms with Crippen LogP contribution in [0.4, 0.5) is 10.1 Å². The van der Waals surface area contributed by atoms with Gasteiger partial charge < -0.3 is 15.0 Å². The minimum atomic E-state index is -0.472. The monoisotopic (exact) mass is 390 g/mol. The van der Waals surface area contributed by atoms with Gasteiger partial charge in [-0.2, -0.15) is 5.10 Å². The third-order valence-corrected chi connectivity index (χ3v) is 4.47. The number of nitrogens with one attached hydrogen (secondary N) is 1. The summed E-state index contributed by atoms with van der Waals surface area (Å²) in [6, 6.07) is 6.32. The predicted octanol–water partition coefficient (Wildman–Crippen LogP) is 1.97. The van der Waals surface area contributed by atoms with Crippen molar-refractivity contribution in [2.24, 2.45) is 4.99 Å². The van der Waals surface area contributed by atoms with Gasteiger partial charge in [0.25, 0.3) is 0 Å². The lowest BCUT2D eigenvalue weighted by Gasteiger charge is -2.38. The summed E-state index contributed by atoms with van der Waals surface area (Å²) < 4.78 is 20.7. The molecule has 1 saturated heterocycles. The molecule has 2 atom stereocenters. The van der Waals surface area contributed by atoms with Crippen molar-refractivity contribution in [2.75, 3.05) is 26.7 Å². The molecule has 1 aliphatic heterocycles. The molecule has 3 rings (SSSR count). The highest BCUT2D eigenvalue weighted by Gasteiger charge is 2.28. The van der Waals surface area contributed by atoms with E-state index in [4.69, 9.17) is 4.74 Å². The largest absolute Gasteiger partial charge is 0.367 e. The van der Waals surface area contributed by atoms with E-state index in [2.05, 4.69) is 20.3 Å². The molecule has 1 fully saturated rings. The second-order valence-corrected chi connectivity index (χ2v) is 6.58. The Bertz CT molecular complexity index is 838.